The number of benzene rings is 1. The van der Waals surface area contributed by atoms with Gasteiger partial charge in [-0.2, -0.15) is 12.6 Å². The molecule has 9 heteroatoms. The molecule has 0 saturated heterocycles. The van der Waals surface area contributed by atoms with Crippen molar-refractivity contribution in [1.82, 2.24) is 15.6 Å². The highest BCUT2D eigenvalue weighted by Crippen LogP contribution is 2.19. The minimum atomic E-state index is -1.18. The third-order valence-electron chi connectivity index (χ3n) is 5.04. The average molecular weight is 421 g/mol. The SMILES string of the molecule is CC[C@H](C)[C@H](NC(=O)[C@@H](N)Cc1c[nH]c2ccccc12)C(=O)N[C@@H](CS)C(=O)O. The molecule has 1 heterocycles. The van der Waals surface area contributed by atoms with Crippen molar-refractivity contribution in [1.29, 1.82) is 0 Å². The molecule has 158 valence electrons. The number of fused-ring (bicyclic) bond motifs is 1. The Kier molecular flexibility index (Phi) is 8.10. The van der Waals surface area contributed by atoms with Crippen LogP contribution in [0.3, 0.4) is 0 Å². The number of carbonyl (C=O) groups is 3. The van der Waals surface area contributed by atoms with E-state index in [9.17, 15) is 14.4 Å². The first kappa shape index (κ1) is 22.8. The number of para-hydroxylation sites is 1. The summed E-state index contributed by atoms with van der Waals surface area (Å²) in [4.78, 5) is 39.6. The van der Waals surface area contributed by atoms with Crippen molar-refractivity contribution >= 4 is 41.3 Å². The molecule has 0 unspecified atom stereocenters. The van der Waals surface area contributed by atoms with Gasteiger partial charge in [-0.15, -0.1) is 0 Å². The van der Waals surface area contributed by atoms with Gasteiger partial charge in [-0.25, -0.2) is 4.79 Å². The van der Waals surface area contributed by atoms with Crippen molar-refractivity contribution in [3.8, 4) is 0 Å². The summed E-state index contributed by atoms with van der Waals surface area (Å²) in [6.45, 7) is 3.70. The molecule has 4 atom stereocenters. The molecule has 1 aromatic heterocycles. The first-order valence-corrected chi connectivity index (χ1v) is 10.2. The smallest absolute Gasteiger partial charge is 0.327 e. The molecule has 0 aliphatic rings. The van der Waals surface area contributed by atoms with Crippen LogP contribution in [0.4, 0.5) is 0 Å². The fraction of sp³-hybridized carbons (Fsp3) is 0.450. The second-order valence-corrected chi connectivity index (χ2v) is 7.49. The van der Waals surface area contributed by atoms with Gasteiger partial charge in [0.25, 0.3) is 0 Å². The fourth-order valence-corrected chi connectivity index (χ4v) is 3.29. The molecule has 1 aromatic carbocycles. The predicted octanol–water partition coefficient (Wildman–Crippen LogP) is 1.07. The van der Waals surface area contributed by atoms with E-state index < -0.39 is 35.9 Å². The second kappa shape index (κ2) is 10.3. The number of H-pyrrole nitrogens is 1. The third kappa shape index (κ3) is 5.74. The molecular weight excluding hydrogens is 392 g/mol. The topological polar surface area (TPSA) is 137 Å². The van der Waals surface area contributed by atoms with Crippen molar-refractivity contribution < 1.29 is 19.5 Å². The van der Waals surface area contributed by atoms with E-state index in [0.29, 0.717) is 12.8 Å². The standard InChI is InChI=1S/C20H28N4O4S/c1-3-11(2)17(19(26)23-16(10-29)20(27)28)24-18(25)14(21)8-12-9-22-15-7-5-4-6-13(12)15/h4-7,9,11,14,16-17,22,29H,3,8,10,21H2,1-2H3,(H,23,26)(H,24,25)(H,27,28)/t11-,14-,16-,17-/m0/s1. The van der Waals surface area contributed by atoms with Crippen LogP contribution in [0.15, 0.2) is 30.5 Å². The normalized spacial score (nSPS) is 15.3. The summed E-state index contributed by atoms with van der Waals surface area (Å²) in [5.41, 5.74) is 7.97. The zero-order valence-corrected chi connectivity index (χ0v) is 17.4. The summed E-state index contributed by atoms with van der Waals surface area (Å²) in [7, 11) is 0. The van der Waals surface area contributed by atoms with Gasteiger partial charge in [0.2, 0.25) is 11.8 Å². The number of aliphatic carboxylic acids is 1. The summed E-state index contributed by atoms with van der Waals surface area (Å²) in [6.07, 6.45) is 2.74. The van der Waals surface area contributed by atoms with E-state index in [1.54, 1.807) is 0 Å². The fourth-order valence-electron chi connectivity index (χ4n) is 3.04. The number of aromatic nitrogens is 1. The Labute approximate surface area is 175 Å². The number of aromatic amines is 1. The maximum atomic E-state index is 12.7. The van der Waals surface area contributed by atoms with Gasteiger partial charge in [0.1, 0.15) is 12.1 Å². The van der Waals surface area contributed by atoms with E-state index in [1.165, 1.54) is 0 Å². The van der Waals surface area contributed by atoms with Crippen LogP contribution in [0.2, 0.25) is 0 Å². The number of carbonyl (C=O) groups excluding carboxylic acids is 2. The zero-order valence-electron chi connectivity index (χ0n) is 16.5. The molecular formula is C20H28N4O4S. The second-order valence-electron chi connectivity index (χ2n) is 7.12. The monoisotopic (exact) mass is 420 g/mol. The van der Waals surface area contributed by atoms with Gasteiger partial charge < -0.3 is 26.5 Å². The largest absolute Gasteiger partial charge is 0.480 e. The number of carboxylic acids is 1. The quantitative estimate of drug-likeness (QED) is 0.319. The molecule has 0 aliphatic carbocycles. The summed E-state index contributed by atoms with van der Waals surface area (Å²) < 4.78 is 0. The lowest BCUT2D eigenvalue weighted by molar-refractivity contribution is -0.141. The van der Waals surface area contributed by atoms with Crippen LogP contribution in [0.25, 0.3) is 10.9 Å². The number of amides is 2. The lowest BCUT2D eigenvalue weighted by Crippen LogP contribution is -2.57. The number of hydrogen-bond donors (Lipinski definition) is 6. The van der Waals surface area contributed by atoms with Gasteiger partial charge >= 0.3 is 5.97 Å². The van der Waals surface area contributed by atoms with Gasteiger partial charge in [0.15, 0.2) is 0 Å². The first-order valence-electron chi connectivity index (χ1n) is 9.53. The molecule has 8 nitrogen and oxygen atoms in total. The van der Waals surface area contributed by atoms with Crippen molar-refractivity contribution in [2.24, 2.45) is 11.7 Å². The lowest BCUT2D eigenvalue weighted by Gasteiger charge is -2.26. The Bertz CT molecular complexity index is 869. The number of nitrogens with two attached hydrogens (primary N) is 1. The molecule has 0 aliphatic heterocycles. The Morgan fingerprint density at radius 2 is 1.90 bits per heavy atom. The molecule has 29 heavy (non-hydrogen) atoms. The van der Waals surface area contributed by atoms with Gasteiger partial charge in [-0.3, -0.25) is 9.59 Å². The number of nitrogens with one attached hydrogen (secondary N) is 3. The molecule has 6 N–H and O–H groups in total. The highest BCUT2D eigenvalue weighted by molar-refractivity contribution is 7.80. The molecule has 0 fully saturated rings. The van der Waals surface area contributed by atoms with Crippen LogP contribution in [-0.2, 0) is 20.8 Å². The Balaban J connectivity index is 2.08. The first-order chi connectivity index (χ1) is 13.8. The molecule has 2 amide bonds. The molecule has 0 saturated carbocycles. The Morgan fingerprint density at radius 3 is 2.52 bits per heavy atom. The van der Waals surface area contributed by atoms with Gasteiger partial charge in [-0.1, -0.05) is 38.5 Å². The summed E-state index contributed by atoms with van der Waals surface area (Å²) in [5, 5.41) is 15.2. The summed E-state index contributed by atoms with van der Waals surface area (Å²) >= 11 is 3.95. The van der Waals surface area contributed by atoms with Crippen LogP contribution < -0.4 is 16.4 Å². The highest BCUT2D eigenvalue weighted by atomic mass is 32.1. The molecule has 2 aromatic rings. The molecule has 2 rings (SSSR count). The molecule has 0 spiro atoms. The van der Waals surface area contributed by atoms with Crippen LogP contribution in [0.5, 0.6) is 0 Å². The Morgan fingerprint density at radius 1 is 1.21 bits per heavy atom. The average Bonchev–Trinajstić information content (AvgIpc) is 3.11. The van der Waals surface area contributed by atoms with Crippen molar-refractivity contribution in [3.05, 3.63) is 36.0 Å². The van der Waals surface area contributed by atoms with Crippen LogP contribution >= 0.6 is 12.6 Å². The lowest BCUT2D eigenvalue weighted by atomic mass is 9.97. The summed E-state index contributed by atoms with van der Waals surface area (Å²) in [6, 6.07) is 4.85. The maximum Gasteiger partial charge on any atom is 0.327 e. The van der Waals surface area contributed by atoms with E-state index in [1.807, 2.05) is 44.3 Å². The van der Waals surface area contributed by atoms with E-state index in [4.69, 9.17) is 10.8 Å². The zero-order chi connectivity index (χ0) is 21.6. The minimum absolute atomic E-state index is 0.0533. The van der Waals surface area contributed by atoms with Crippen LogP contribution in [-0.4, -0.2) is 51.8 Å². The molecule has 0 radical (unpaired) electrons. The molecule has 0 bridgehead atoms. The number of hydrogen-bond acceptors (Lipinski definition) is 5. The van der Waals surface area contributed by atoms with Crippen molar-refractivity contribution in [3.63, 3.8) is 0 Å². The minimum Gasteiger partial charge on any atom is -0.480 e. The highest BCUT2D eigenvalue weighted by Gasteiger charge is 2.30. The van der Waals surface area contributed by atoms with Crippen molar-refractivity contribution in [2.45, 2.75) is 44.8 Å². The maximum absolute atomic E-state index is 12.7. The van der Waals surface area contributed by atoms with Gasteiger partial charge in [-0.05, 0) is 24.0 Å². The van der Waals surface area contributed by atoms with E-state index in [2.05, 4.69) is 28.2 Å². The van der Waals surface area contributed by atoms with E-state index in [-0.39, 0.29) is 11.7 Å². The van der Waals surface area contributed by atoms with Gasteiger partial charge in [0, 0.05) is 22.9 Å². The van der Waals surface area contributed by atoms with E-state index >= 15 is 0 Å². The van der Waals surface area contributed by atoms with Crippen LogP contribution in [0, 0.1) is 5.92 Å². The predicted molar refractivity (Wildman–Crippen MR) is 115 cm³/mol. The summed E-state index contributed by atoms with van der Waals surface area (Å²) in [5.74, 6) is -2.46. The van der Waals surface area contributed by atoms with Crippen molar-refractivity contribution in [2.75, 3.05) is 5.75 Å². The third-order valence-corrected chi connectivity index (χ3v) is 5.41. The number of rotatable bonds is 10. The number of carboxylic acid groups (broad SMARTS) is 1. The van der Waals surface area contributed by atoms with Gasteiger partial charge in [0.05, 0.1) is 6.04 Å². The Hall–Kier alpha value is -2.52. The number of thiol groups is 1. The van der Waals surface area contributed by atoms with Crippen LogP contribution in [0.1, 0.15) is 25.8 Å². The van der Waals surface area contributed by atoms with E-state index in [0.717, 1.165) is 16.5 Å².